The first kappa shape index (κ1) is 12.3. The van der Waals surface area contributed by atoms with Gasteiger partial charge < -0.3 is 5.32 Å². The van der Waals surface area contributed by atoms with Crippen LogP contribution in [0.1, 0.15) is 0 Å². The molecule has 0 heterocycles. The lowest BCUT2D eigenvalue weighted by Crippen LogP contribution is -2.24. The van der Waals surface area contributed by atoms with Crippen molar-refractivity contribution in [1.29, 1.82) is 0 Å². The molecule has 15 heavy (non-hydrogen) atoms. The van der Waals surface area contributed by atoms with Gasteiger partial charge >= 0.3 is 0 Å². The van der Waals surface area contributed by atoms with E-state index in [1.165, 1.54) is 0 Å². The average Bonchev–Trinajstić information content (AvgIpc) is 2.18. The molecular weight excluding hydrogens is 236 g/mol. The van der Waals surface area contributed by atoms with Crippen LogP contribution in [0, 0.1) is 0 Å². The monoisotopic (exact) mass is 248 g/mol. The number of rotatable bonds is 5. The summed E-state index contributed by atoms with van der Waals surface area (Å²) in [7, 11) is -1.56. The van der Waals surface area contributed by atoms with Gasteiger partial charge in [-0.3, -0.25) is 4.72 Å². The summed E-state index contributed by atoms with van der Waals surface area (Å²) in [6, 6.07) is 6.52. The second kappa shape index (κ2) is 5.34. The van der Waals surface area contributed by atoms with E-state index in [1.54, 1.807) is 31.3 Å². The SMILES string of the molecule is CNCCS(=O)(=O)Nc1ccc(Cl)cc1. The van der Waals surface area contributed by atoms with E-state index in [2.05, 4.69) is 10.0 Å². The minimum Gasteiger partial charge on any atom is -0.319 e. The summed E-state index contributed by atoms with van der Waals surface area (Å²) in [6.45, 7) is 0.420. The summed E-state index contributed by atoms with van der Waals surface area (Å²) in [5.41, 5.74) is 0.524. The van der Waals surface area contributed by atoms with Gasteiger partial charge in [0.1, 0.15) is 0 Å². The van der Waals surface area contributed by atoms with E-state index in [4.69, 9.17) is 11.6 Å². The Hall–Kier alpha value is -0.780. The highest BCUT2D eigenvalue weighted by Crippen LogP contribution is 2.14. The Morgan fingerprint density at radius 3 is 2.40 bits per heavy atom. The van der Waals surface area contributed by atoms with Crippen molar-refractivity contribution in [3.63, 3.8) is 0 Å². The van der Waals surface area contributed by atoms with Gasteiger partial charge in [0.15, 0.2) is 0 Å². The lowest BCUT2D eigenvalue weighted by Gasteiger charge is -2.07. The Morgan fingerprint density at radius 2 is 1.87 bits per heavy atom. The van der Waals surface area contributed by atoms with E-state index < -0.39 is 10.0 Å². The summed E-state index contributed by atoms with van der Waals surface area (Å²) in [5.74, 6) is 0.0477. The van der Waals surface area contributed by atoms with Crippen molar-refractivity contribution in [1.82, 2.24) is 5.32 Å². The van der Waals surface area contributed by atoms with E-state index in [0.29, 0.717) is 17.3 Å². The lowest BCUT2D eigenvalue weighted by atomic mass is 10.3. The Morgan fingerprint density at radius 1 is 1.27 bits per heavy atom. The van der Waals surface area contributed by atoms with E-state index in [1.807, 2.05) is 0 Å². The van der Waals surface area contributed by atoms with Crippen molar-refractivity contribution in [3.05, 3.63) is 29.3 Å². The molecule has 2 N–H and O–H groups in total. The molecule has 6 heteroatoms. The van der Waals surface area contributed by atoms with Crippen LogP contribution >= 0.6 is 11.6 Å². The average molecular weight is 249 g/mol. The normalized spacial score (nSPS) is 11.3. The van der Waals surface area contributed by atoms with Gasteiger partial charge in [0.05, 0.1) is 5.75 Å². The van der Waals surface area contributed by atoms with Gasteiger partial charge in [-0.1, -0.05) is 11.6 Å². The first-order valence-electron chi connectivity index (χ1n) is 4.44. The van der Waals surface area contributed by atoms with E-state index in [-0.39, 0.29) is 5.75 Å². The van der Waals surface area contributed by atoms with Crippen LogP contribution in [-0.2, 0) is 10.0 Å². The van der Waals surface area contributed by atoms with Crippen molar-refractivity contribution in [2.75, 3.05) is 24.1 Å². The summed E-state index contributed by atoms with van der Waals surface area (Å²) in [4.78, 5) is 0. The Balaban J connectivity index is 2.65. The van der Waals surface area contributed by atoms with Gasteiger partial charge in [0, 0.05) is 17.3 Å². The molecule has 0 aliphatic rings. The summed E-state index contributed by atoms with van der Waals surface area (Å²) >= 11 is 5.68. The third-order valence-electron chi connectivity index (χ3n) is 1.74. The molecule has 0 saturated carbocycles. The molecule has 0 atom stereocenters. The van der Waals surface area contributed by atoms with Gasteiger partial charge in [0.25, 0.3) is 0 Å². The molecule has 0 unspecified atom stereocenters. The Labute approximate surface area is 94.7 Å². The molecule has 0 aliphatic heterocycles. The third-order valence-corrected chi connectivity index (χ3v) is 3.28. The predicted octanol–water partition coefficient (Wildman–Crippen LogP) is 1.30. The highest BCUT2D eigenvalue weighted by molar-refractivity contribution is 7.92. The molecule has 0 bridgehead atoms. The molecule has 1 aromatic rings. The summed E-state index contributed by atoms with van der Waals surface area (Å²) < 4.78 is 25.4. The zero-order valence-corrected chi connectivity index (χ0v) is 9.90. The third kappa shape index (κ3) is 4.51. The molecule has 0 fully saturated rings. The maximum atomic E-state index is 11.5. The number of nitrogens with one attached hydrogen (secondary N) is 2. The fourth-order valence-electron chi connectivity index (χ4n) is 0.985. The summed E-state index contributed by atoms with van der Waals surface area (Å²) in [5, 5.41) is 3.36. The predicted molar refractivity (Wildman–Crippen MR) is 62.8 cm³/mol. The minimum absolute atomic E-state index is 0.0477. The molecule has 84 valence electrons. The van der Waals surface area contributed by atoms with Crippen molar-refractivity contribution in [2.45, 2.75) is 0 Å². The largest absolute Gasteiger partial charge is 0.319 e. The van der Waals surface area contributed by atoms with E-state index in [9.17, 15) is 8.42 Å². The first-order valence-corrected chi connectivity index (χ1v) is 6.47. The van der Waals surface area contributed by atoms with E-state index >= 15 is 0 Å². The van der Waals surface area contributed by atoms with E-state index in [0.717, 1.165) is 0 Å². The highest BCUT2D eigenvalue weighted by atomic mass is 35.5. The fraction of sp³-hybridized carbons (Fsp3) is 0.333. The van der Waals surface area contributed by atoms with Crippen LogP contribution in [0.15, 0.2) is 24.3 Å². The molecule has 0 saturated heterocycles. The molecule has 0 radical (unpaired) electrons. The maximum absolute atomic E-state index is 11.5. The number of hydrogen-bond donors (Lipinski definition) is 2. The standard InChI is InChI=1S/C9H13ClN2O2S/c1-11-6-7-15(13,14)12-9-4-2-8(10)3-5-9/h2-5,11-12H,6-7H2,1H3. The van der Waals surface area contributed by atoms with Gasteiger partial charge in [-0.05, 0) is 31.3 Å². The Bertz CT molecular complexity index is 403. The molecule has 0 spiro atoms. The fourth-order valence-corrected chi connectivity index (χ4v) is 2.18. The Kier molecular flexibility index (Phi) is 4.38. The molecule has 1 aromatic carbocycles. The van der Waals surface area contributed by atoms with Gasteiger partial charge in [-0.2, -0.15) is 0 Å². The molecule has 0 aromatic heterocycles. The zero-order chi connectivity index (χ0) is 11.3. The first-order chi connectivity index (χ1) is 7.03. The number of sulfonamides is 1. The molecule has 1 rings (SSSR count). The lowest BCUT2D eigenvalue weighted by molar-refractivity contribution is 0.599. The van der Waals surface area contributed by atoms with Crippen LogP contribution in [0.5, 0.6) is 0 Å². The van der Waals surface area contributed by atoms with Crippen molar-refractivity contribution < 1.29 is 8.42 Å². The smallest absolute Gasteiger partial charge is 0.233 e. The van der Waals surface area contributed by atoms with Crippen LogP contribution in [0.3, 0.4) is 0 Å². The van der Waals surface area contributed by atoms with Crippen molar-refractivity contribution in [3.8, 4) is 0 Å². The topological polar surface area (TPSA) is 58.2 Å². The molecule has 0 amide bonds. The van der Waals surface area contributed by atoms with Crippen LogP contribution < -0.4 is 10.0 Å². The molecular formula is C9H13ClN2O2S. The van der Waals surface area contributed by atoms with Crippen LogP contribution in [0.4, 0.5) is 5.69 Å². The zero-order valence-electron chi connectivity index (χ0n) is 8.33. The van der Waals surface area contributed by atoms with Crippen LogP contribution in [0.2, 0.25) is 5.02 Å². The highest BCUT2D eigenvalue weighted by Gasteiger charge is 2.08. The number of benzene rings is 1. The van der Waals surface area contributed by atoms with Crippen LogP contribution in [0.25, 0.3) is 0 Å². The molecule has 0 aliphatic carbocycles. The second-order valence-corrected chi connectivity index (χ2v) is 5.31. The number of anilines is 1. The van der Waals surface area contributed by atoms with Crippen LogP contribution in [-0.4, -0.2) is 27.8 Å². The minimum atomic E-state index is -3.27. The maximum Gasteiger partial charge on any atom is 0.233 e. The number of halogens is 1. The quantitative estimate of drug-likeness (QED) is 0.826. The van der Waals surface area contributed by atoms with Gasteiger partial charge in [-0.15, -0.1) is 0 Å². The summed E-state index contributed by atoms with van der Waals surface area (Å²) in [6.07, 6.45) is 0. The number of hydrogen-bond acceptors (Lipinski definition) is 3. The second-order valence-electron chi connectivity index (χ2n) is 3.03. The van der Waals surface area contributed by atoms with Crippen molar-refractivity contribution in [2.24, 2.45) is 0 Å². The van der Waals surface area contributed by atoms with Crippen molar-refractivity contribution >= 4 is 27.3 Å². The van der Waals surface area contributed by atoms with Gasteiger partial charge in [-0.25, -0.2) is 8.42 Å². The van der Waals surface area contributed by atoms with Gasteiger partial charge in [0.2, 0.25) is 10.0 Å². The molecule has 4 nitrogen and oxygen atoms in total.